The zero-order valence-corrected chi connectivity index (χ0v) is 17.5. The minimum Gasteiger partial charge on any atom is -0.497 e. The van der Waals surface area contributed by atoms with E-state index in [0.29, 0.717) is 16.4 Å². The number of methoxy groups -OCH3 is 1. The number of hydrogen-bond acceptors (Lipinski definition) is 5. The summed E-state index contributed by atoms with van der Waals surface area (Å²) in [4.78, 5) is 14.1. The summed E-state index contributed by atoms with van der Waals surface area (Å²) >= 11 is 6.19. The number of tetrazole rings is 1. The van der Waals surface area contributed by atoms with E-state index >= 15 is 0 Å². The number of ether oxygens (including phenoxy) is 1. The fraction of sp³-hybridized carbons (Fsp3) is 0.130. The van der Waals surface area contributed by atoms with Crippen LogP contribution in [0.4, 0.5) is 0 Å². The minimum atomic E-state index is -0.328. The SMILES string of the molecule is COc1ccc(C(NC(=O)Cn2nnc(-c3ccccc3Cl)n2)c2ccccc2)cc1. The molecule has 0 spiro atoms. The van der Waals surface area contributed by atoms with Gasteiger partial charge in [0, 0.05) is 5.56 Å². The van der Waals surface area contributed by atoms with E-state index in [1.165, 1.54) is 4.80 Å². The number of carbonyl (C=O) groups is 1. The molecule has 1 unspecified atom stereocenters. The Bertz CT molecular complexity index is 1160. The van der Waals surface area contributed by atoms with Crippen LogP contribution >= 0.6 is 11.6 Å². The van der Waals surface area contributed by atoms with Gasteiger partial charge < -0.3 is 10.1 Å². The van der Waals surface area contributed by atoms with Gasteiger partial charge in [0.2, 0.25) is 11.7 Å². The third-order valence-corrected chi connectivity index (χ3v) is 5.07. The van der Waals surface area contributed by atoms with Crippen molar-refractivity contribution in [2.75, 3.05) is 7.11 Å². The van der Waals surface area contributed by atoms with Crippen molar-refractivity contribution in [2.45, 2.75) is 12.6 Å². The van der Waals surface area contributed by atoms with Crippen LogP contribution < -0.4 is 10.1 Å². The number of nitrogens with zero attached hydrogens (tertiary/aromatic N) is 4. The average molecular weight is 434 g/mol. The number of amides is 1. The summed E-state index contributed by atoms with van der Waals surface area (Å²) in [6.45, 7) is -0.0725. The van der Waals surface area contributed by atoms with Gasteiger partial charge in [-0.3, -0.25) is 4.79 Å². The maximum Gasteiger partial charge on any atom is 0.244 e. The third-order valence-electron chi connectivity index (χ3n) is 4.74. The highest BCUT2D eigenvalue weighted by molar-refractivity contribution is 6.33. The molecule has 1 N–H and O–H groups in total. The minimum absolute atomic E-state index is 0.0725. The lowest BCUT2D eigenvalue weighted by Gasteiger charge is -2.20. The van der Waals surface area contributed by atoms with Gasteiger partial charge in [-0.2, -0.15) is 4.80 Å². The van der Waals surface area contributed by atoms with E-state index in [2.05, 4.69) is 20.7 Å². The molecule has 4 aromatic rings. The first-order valence-corrected chi connectivity index (χ1v) is 10.0. The van der Waals surface area contributed by atoms with Gasteiger partial charge >= 0.3 is 0 Å². The zero-order valence-electron chi connectivity index (χ0n) is 16.8. The van der Waals surface area contributed by atoms with Crippen LogP contribution in [0, 0.1) is 0 Å². The van der Waals surface area contributed by atoms with Gasteiger partial charge in [0.05, 0.1) is 18.2 Å². The summed E-state index contributed by atoms with van der Waals surface area (Å²) in [6, 6.07) is 24.2. The Labute approximate surface area is 184 Å². The third kappa shape index (κ3) is 4.90. The lowest BCUT2D eigenvalue weighted by atomic mass is 9.98. The van der Waals surface area contributed by atoms with Gasteiger partial charge in [0.1, 0.15) is 12.3 Å². The van der Waals surface area contributed by atoms with Crippen LogP contribution in [-0.2, 0) is 11.3 Å². The Morgan fingerprint density at radius 2 is 1.68 bits per heavy atom. The summed E-state index contributed by atoms with van der Waals surface area (Å²) < 4.78 is 5.24. The monoisotopic (exact) mass is 433 g/mol. The molecule has 7 nitrogen and oxygen atoms in total. The lowest BCUT2D eigenvalue weighted by molar-refractivity contribution is -0.122. The number of aromatic nitrogens is 4. The van der Waals surface area contributed by atoms with Gasteiger partial charge in [-0.25, -0.2) is 0 Å². The van der Waals surface area contributed by atoms with Crippen LogP contribution in [0.2, 0.25) is 5.02 Å². The molecule has 1 atom stereocenters. The van der Waals surface area contributed by atoms with Crippen molar-refractivity contribution in [3.8, 4) is 17.1 Å². The second-order valence-electron chi connectivity index (χ2n) is 6.81. The molecular formula is C23H20ClN5O2. The van der Waals surface area contributed by atoms with E-state index < -0.39 is 0 Å². The highest BCUT2D eigenvalue weighted by Gasteiger charge is 2.18. The average Bonchev–Trinajstić information content (AvgIpc) is 3.26. The molecule has 31 heavy (non-hydrogen) atoms. The van der Waals surface area contributed by atoms with Crippen LogP contribution in [-0.4, -0.2) is 33.2 Å². The van der Waals surface area contributed by atoms with Crippen molar-refractivity contribution in [1.82, 2.24) is 25.5 Å². The number of benzene rings is 3. The summed E-state index contributed by atoms with van der Waals surface area (Å²) in [7, 11) is 1.62. The molecule has 4 rings (SSSR count). The first-order chi connectivity index (χ1) is 15.1. The van der Waals surface area contributed by atoms with Crippen molar-refractivity contribution in [3.05, 3.63) is 95.0 Å². The molecule has 156 valence electrons. The highest BCUT2D eigenvalue weighted by atomic mass is 35.5. The predicted octanol–water partition coefficient (Wildman–Crippen LogP) is 3.91. The standard InChI is InChI=1S/C23H20ClN5O2/c1-31-18-13-11-17(12-14-18)22(16-7-3-2-4-8-16)25-21(30)15-29-27-23(26-28-29)19-9-5-6-10-20(19)24/h2-14,22H,15H2,1H3,(H,25,30). The normalized spacial score (nSPS) is 11.7. The van der Waals surface area contributed by atoms with E-state index in [1.54, 1.807) is 19.2 Å². The molecule has 0 saturated carbocycles. The Morgan fingerprint density at radius 1 is 1.00 bits per heavy atom. The van der Waals surface area contributed by atoms with Crippen LogP contribution in [0.15, 0.2) is 78.9 Å². The van der Waals surface area contributed by atoms with Crippen molar-refractivity contribution in [2.24, 2.45) is 0 Å². The fourth-order valence-corrected chi connectivity index (χ4v) is 3.42. The number of rotatable bonds is 7. The van der Waals surface area contributed by atoms with Gasteiger partial charge in [0.15, 0.2) is 0 Å². The van der Waals surface area contributed by atoms with E-state index in [4.69, 9.17) is 16.3 Å². The number of hydrogen-bond donors (Lipinski definition) is 1. The van der Waals surface area contributed by atoms with Crippen LogP contribution in [0.5, 0.6) is 5.75 Å². The Kier molecular flexibility index (Phi) is 6.24. The molecular weight excluding hydrogens is 414 g/mol. The Balaban J connectivity index is 1.52. The fourth-order valence-electron chi connectivity index (χ4n) is 3.20. The predicted molar refractivity (Wildman–Crippen MR) is 118 cm³/mol. The highest BCUT2D eigenvalue weighted by Crippen LogP contribution is 2.25. The lowest BCUT2D eigenvalue weighted by Crippen LogP contribution is -2.32. The Hall–Kier alpha value is -3.71. The van der Waals surface area contributed by atoms with Crippen molar-refractivity contribution < 1.29 is 9.53 Å². The number of halogens is 1. The van der Waals surface area contributed by atoms with E-state index in [-0.39, 0.29) is 18.5 Å². The molecule has 1 aromatic heterocycles. The molecule has 8 heteroatoms. The molecule has 0 radical (unpaired) electrons. The van der Waals surface area contributed by atoms with E-state index in [9.17, 15) is 4.79 Å². The van der Waals surface area contributed by atoms with E-state index in [0.717, 1.165) is 16.9 Å². The van der Waals surface area contributed by atoms with E-state index in [1.807, 2.05) is 66.7 Å². The Morgan fingerprint density at radius 3 is 2.39 bits per heavy atom. The first-order valence-electron chi connectivity index (χ1n) is 9.65. The van der Waals surface area contributed by atoms with Crippen LogP contribution in [0.1, 0.15) is 17.2 Å². The molecule has 0 fully saturated rings. The largest absolute Gasteiger partial charge is 0.497 e. The van der Waals surface area contributed by atoms with Crippen LogP contribution in [0.3, 0.4) is 0 Å². The summed E-state index contributed by atoms with van der Waals surface area (Å²) in [6.07, 6.45) is 0. The first kappa shape index (κ1) is 20.6. The van der Waals surface area contributed by atoms with Crippen molar-refractivity contribution >= 4 is 17.5 Å². The summed E-state index contributed by atoms with van der Waals surface area (Å²) in [5.41, 5.74) is 2.56. The zero-order chi connectivity index (χ0) is 21.6. The maximum absolute atomic E-state index is 12.8. The quantitative estimate of drug-likeness (QED) is 0.478. The molecule has 0 aliphatic heterocycles. The number of carbonyl (C=O) groups excluding carboxylic acids is 1. The topological polar surface area (TPSA) is 81.9 Å². The van der Waals surface area contributed by atoms with Crippen molar-refractivity contribution in [1.29, 1.82) is 0 Å². The summed E-state index contributed by atoms with van der Waals surface area (Å²) in [5.74, 6) is 0.877. The molecule has 0 saturated heterocycles. The van der Waals surface area contributed by atoms with Gasteiger partial charge in [-0.05, 0) is 40.6 Å². The maximum atomic E-state index is 12.8. The van der Waals surface area contributed by atoms with Gasteiger partial charge in [-0.1, -0.05) is 66.2 Å². The van der Waals surface area contributed by atoms with Crippen molar-refractivity contribution in [3.63, 3.8) is 0 Å². The molecule has 0 bridgehead atoms. The molecule has 3 aromatic carbocycles. The summed E-state index contributed by atoms with van der Waals surface area (Å²) in [5, 5.41) is 15.9. The molecule has 0 aliphatic carbocycles. The molecule has 1 amide bonds. The van der Waals surface area contributed by atoms with Gasteiger partial charge in [-0.15, -0.1) is 10.2 Å². The smallest absolute Gasteiger partial charge is 0.244 e. The number of nitrogens with one attached hydrogen (secondary N) is 1. The molecule has 1 heterocycles. The second kappa shape index (κ2) is 9.40. The van der Waals surface area contributed by atoms with Gasteiger partial charge in [0.25, 0.3) is 0 Å². The molecule has 0 aliphatic rings. The van der Waals surface area contributed by atoms with Crippen LogP contribution in [0.25, 0.3) is 11.4 Å². The second-order valence-corrected chi connectivity index (χ2v) is 7.21.